The minimum Gasteiger partial charge on any atom is -0.480 e. The van der Waals surface area contributed by atoms with Gasteiger partial charge in [0.2, 0.25) is 0 Å². The molecule has 11 heteroatoms. The molecule has 0 saturated carbocycles. The molecule has 1 amide bonds. The zero-order chi connectivity index (χ0) is 19.9. The van der Waals surface area contributed by atoms with Gasteiger partial charge >= 0.3 is 5.97 Å². The van der Waals surface area contributed by atoms with Crippen molar-refractivity contribution in [1.29, 1.82) is 0 Å². The standard InChI is InChI=1S/C16H16N4O5S2/c21-14(22)10-17-15(23)11-6-8-12(9-7-11)18-16(26)19-20-27(24,25)13-4-2-1-3-5-13/h1-9,20H,10H2,(H,17,23)(H,21,22)(H2,18,19,26). The third kappa shape index (κ3) is 6.33. The Hall–Kier alpha value is -3.02. The lowest BCUT2D eigenvalue weighted by Gasteiger charge is -2.12. The van der Waals surface area contributed by atoms with E-state index in [4.69, 9.17) is 17.3 Å². The summed E-state index contributed by atoms with van der Waals surface area (Å²) in [6, 6.07) is 13.8. The van der Waals surface area contributed by atoms with Gasteiger partial charge in [0.05, 0.1) is 4.90 Å². The number of hydrogen-bond donors (Lipinski definition) is 5. The predicted octanol–water partition coefficient (Wildman–Crippen LogP) is 0.681. The van der Waals surface area contributed by atoms with E-state index in [1.807, 2.05) is 0 Å². The topological polar surface area (TPSA) is 137 Å². The number of aliphatic carboxylic acids is 1. The normalized spacial score (nSPS) is 10.7. The zero-order valence-electron chi connectivity index (χ0n) is 13.8. The van der Waals surface area contributed by atoms with Crippen molar-refractivity contribution in [3.63, 3.8) is 0 Å². The second kappa shape index (κ2) is 9.07. The van der Waals surface area contributed by atoms with Crippen LogP contribution in [0.4, 0.5) is 5.69 Å². The second-order valence-corrected chi connectivity index (χ2v) is 7.24. The van der Waals surface area contributed by atoms with Crippen LogP contribution in [0, 0.1) is 0 Å². The molecule has 27 heavy (non-hydrogen) atoms. The summed E-state index contributed by atoms with van der Waals surface area (Å²) in [4.78, 5) is 24.4. The number of anilines is 1. The molecule has 0 aromatic heterocycles. The van der Waals surface area contributed by atoms with Crippen molar-refractivity contribution in [2.75, 3.05) is 11.9 Å². The molecule has 2 aromatic rings. The van der Waals surface area contributed by atoms with Gasteiger partial charge in [-0.15, -0.1) is 4.83 Å². The van der Waals surface area contributed by atoms with Crippen molar-refractivity contribution in [3.05, 3.63) is 60.2 Å². The monoisotopic (exact) mass is 408 g/mol. The first-order valence-electron chi connectivity index (χ1n) is 7.52. The van der Waals surface area contributed by atoms with Crippen molar-refractivity contribution in [2.45, 2.75) is 4.90 Å². The number of rotatable bonds is 7. The maximum atomic E-state index is 12.1. The Labute approximate surface area is 160 Å². The van der Waals surface area contributed by atoms with Gasteiger partial charge in [0.15, 0.2) is 5.11 Å². The Kier molecular flexibility index (Phi) is 6.82. The van der Waals surface area contributed by atoms with E-state index in [0.717, 1.165) is 0 Å². The van der Waals surface area contributed by atoms with Crippen LogP contribution < -0.4 is 20.9 Å². The number of carbonyl (C=O) groups is 2. The molecule has 0 atom stereocenters. The maximum Gasteiger partial charge on any atom is 0.322 e. The van der Waals surface area contributed by atoms with Gasteiger partial charge in [-0.3, -0.25) is 15.0 Å². The van der Waals surface area contributed by atoms with Crippen LogP contribution >= 0.6 is 12.2 Å². The summed E-state index contributed by atoms with van der Waals surface area (Å²) >= 11 is 5.01. The highest BCUT2D eigenvalue weighted by atomic mass is 32.2. The van der Waals surface area contributed by atoms with E-state index < -0.39 is 28.4 Å². The van der Waals surface area contributed by atoms with Crippen molar-refractivity contribution < 1.29 is 23.1 Å². The number of carbonyl (C=O) groups excluding carboxylic acids is 1. The number of benzene rings is 2. The maximum absolute atomic E-state index is 12.1. The predicted molar refractivity (Wildman–Crippen MR) is 103 cm³/mol. The van der Waals surface area contributed by atoms with E-state index in [1.54, 1.807) is 18.2 Å². The zero-order valence-corrected chi connectivity index (χ0v) is 15.4. The summed E-state index contributed by atoms with van der Waals surface area (Å²) in [5, 5.41) is 13.5. The molecule has 5 N–H and O–H groups in total. The van der Waals surface area contributed by atoms with Gasteiger partial charge in [-0.1, -0.05) is 18.2 Å². The number of sulfonamides is 1. The van der Waals surface area contributed by atoms with E-state index in [0.29, 0.717) is 5.69 Å². The summed E-state index contributed by atoms with van der Waals surface area (Å²) in [5.41, 5.74) is 3.15. The Morgan fingerprint density at radius 2 is 1.63 bits per heavy atom. The van der Waals surface area contributed by atoms with Crippen LogP contribution in [0.25, 0.3) is 0 Å². The molecule has 0 aliphatic carbocycles. The molecule has 0 saturated heterocycles. The van der Waals surface area contributed by atoms with Gasteiger partial charge in [0.25, 0.3) is 15.9 Å². The molecule has 0 spiro atoms. The van der Waals surface area contributed by atoms with Crippen LogP contribution in [0.3, 0.4) is 0 Å². The third-order valence-electron chi connectivity index (χ3n) is 3.16. The lowest BCUT2D eigenvalue weighted by Crippen LogP contribution is -2.43. The second-order valence-electron chi connectivity index (χ2n) is 5.15. The molecular formula is C16H16N4O5S2. The molecule has 0 aliphatic heterocycles. The van der Waals surface area contributed by atoms with Gasteiger partial charge < -0.3 is 15.7 Å². The average molecular weight is 408 g/mol. The number of carboxylic acid groups (broad SMARTS) is 1. The Bertz CT molecular complexity index is 931. The lowest BCUT2D eigenvalue weighted by atomic mass is 10.2. The Morgan fingerprint density at radius 3 is 2.22 bits per heavy atom. The van der Waals surface area contributed by atoms with Crippen molar-refractivity contribution in [3.8, 4) is 0 Å². The fourth-order valence-corrected chi connectivity index (χ4v) is 3.00. The van der Waals surface area contributed by atoms with Gasteiger partial charge in [0, 0.05) is 11.3 Å². The largest absolute Gasteiger partial charge is 0.480 e. The van der Waals surface area contributed by atoms with E-state index in [9.17, 15) is 18.0 Å². The van der Waals surface area contributed by atoms with Gasteiger partial charge in [-0.2, -0.15) is 0 Å². The molecule has 2 aromatic carbocycles. The van der Waals surface area contributed by atoms with E-state index in [2.05, 4.69) is 20.9 Å². The van der Waals surface area contributed by atoms with Gasteiger partial charge in [-0.25, -0.2) is 8.42 Å². The highest BCUT2D eigenvalue weighted by Crippen LogP contribution is 2.10. The first-order chi connectivity index (χ1) is 12.8. The fraction of sp³-hybridized carbons (Fsp3) is 0.0625. The van der Waals surface area contributed by atoms with Crippen LogP contribution in [-0.2, 0) is 14.8 Å². The highest BCUT2D eigenvalue weighted by Gasteiger charge is 2.13. The first-order valence-corrected chi connectivity index (χ1v) is 9.41. The minimum absolute atomic E-state index is 0.00224. The fourth-order valence-electron chi connectivity index (χ4n) is 1.90. The summed E-state index contributed by atoms with van der Waals surface area (Å²) < 4.78 is 24.1. The highest BCUT2D eigenvalue weighted by molar-refractivity contribution is 7.89. The summed E-state index contributed by atoms with van der Waals surface area (Å²) in [7, 11) is -3.77. The van der Waals surface area contributed by atoms with Crippen LogP contribution in [-0.4, -0.2) is 37.1 Å². The van der Waals surface area contributed by atoms with Crippen LogP contribution in [0.2, 0.25) is 0 Å². The van der Waals surface area contributed by atoms with Crippen molar-refractivity contribution in [2.24, 2.45) is 0 Å². The molecule has 142 valence electrons. The summed E-state index contributed by atoms with van der Waals surface area (Å²) in [6.45, 7) is -0.478. The lowest BCUT2D eigenvalue weighted by molar-refractivity contribution is -0.135. The number of carboxylic acids is 1. The molecule has 0 bridgehead atoms. The molecule has 0 radical (unpaired) electrons. The number of thiocarbonyl (C=S) groups is 1. The van der Waals surface area contributed by atoms with E-state index in [-0.39, 0.29) is 15.6 Å². The van der Waals surface area contributed by atoms with Crippen LogP contribution in [0.15, 0.2) is 59.5 Å². The molecular weight excluding hydrogens is 392 g/mol. The van der Waals surface area contributed by atoms with Gasteiger partial charge in [-0.05, 0) is 48.6 Å². The summed E-state index contributed by atoms with van der Waals surface area (Å²) in [5.74, 6) is -1.67. The quantitative estimate of drug-likeness (QED) is 0.333. The number of amides is 1. The molecule has 0 aliphatic rings. The van der Waals surface area contributed by atoms with Crippen molar-refractivity contribution >= 4 is 44.9 Å². The summed E-state index contributed by atoms with van der Waals surface area (Å²) in [6.07, 6.45) is 0. The molecule has 2 rings (SSSR count). The molecule has 0 heterocycles. The molecule has 9 nitrogen and oxygen atoms in total. The molecule has 0 fully saturated rings. The van der Waals surface area contributed by atoms with E-state index >= 15 is 0 Å². The van der Waals surface area contributed by atoms with Crippen LogP contribution in [0.5, 0.6) is 0 Å². The number of nitrogens with one attached hydrogen (secondary N) is 4. The smallest absolute Gasteiger partial charge is 0.322 e. The Morgan fingerprint density at radius 1 is 1.00 bits per heavy atom. The first kappa shape index (κ1) is 20.3. The average Bonchev–Trinajstić information content (AvgIpc) is 2.66. The SMILES string of the molecule is O=C(O)CNC(=O)c1ccc(NC(=S)NNS(=O)(=O)c2ccccc2)cc1. The number of hydrazine groups is 1. The van der Waals surface area contributed by atoms with Gasteiger partial charge in [0.1, 0.15) is 6.54 Å². The third-order valence-corrected chi connectivity index (χ3v) is 4.63. The minimum atomic E-state index is -3.77. The molecule has 0 unspecified atom stereocenters. The number of hydrogen-bond acceptors (Lipinski definition) is 5. The van der Waals surface area contributed by atoms with Crippen molar-refractivity contribution in [1.82, 2.24) is 15.6 Å². The Balaban J connectivity index is 1.89. The van der Waals surface area contributed by atoms with E-state index in [1.165, 1.54) is 36.4 Å². The van der Waals surface area contributed by atoms with Crippen LogP contribution in [0.1, 0.15) is 10.4 Å².